The van der Waals surface area contributed by atoms with Crippen LogP contribution in [0.3, 0.4) is 0 Å². The Morgan fingerprint density at radius 3 is 1.39 bits per heavy atom. The van der Waals surface area contributed by atoms with Gasteiger partial charge in [-0.3, -0.25) is 4.18 Å². The number of ether oxygens (including phenoxy) is 2. The van der Waals surface area contributed by atoms with Gasteiger partial charge in [0.25, 0.3) is 10.1 Å². The smallest absolute Gasteiger partial charge is 0.407 e. The fraction of sp³-hybridized carbons (Fsp3) is 0.920. The third kappa shape index (κ3) is 34.6. The van der Waals surface area contributed by atoms with Crippen LogP contribution in [0.25, 0.3) is 0 Å². The van der Waals surface area contributed by atoms with Crippen LogP contribution in [0.2, 0.25) is 0 Å². The van der Waals surface area contributed by atoms with E-state index in [0.717, 1.165) is 70.5 Å². The third-order valence-electron chi connectivity index (χ3n) is 4.29. The highest BCUT2D eigenvalue weighted by Gasteiger charge is 2.16. The summed E-state index contributed by atoms with van der Waals surface area (Å²) in [5.41, 5.74) is -0.894. The summed E-state index contributed by atoms with van der Waals surface area (Å²) in [6, 6.07) is 0. The van der Waals surface area contributed by atoms with Crippen molar-refractivity contribution in [3.8, 4) is 0 Å². The van der Waals surface area contributed by atoms with Gasteiger partial charge in [0.1, 0.15) is 11.2 Å². The van der Waals surface area contributed by atoms with Crippen LogP contribution in [0, 0.1) is 0 Å². The summed E-state index contributed by atoms with van der Waals surface area (Å²) in [6.45, 7) is 12.8. The molecule has 0 saturated carbocycles. The predicted octanol–water partition coefficient (Wildman–Crippen LogP) is 4.89. The molecule has 0 saturated heterocycles. The van der Waals surface area contributed by atoms with Crippen molar-refractivity contribution in [3.05, 3.63) is 0 Å². The van der Waals surface area contributed by atoms with E-state index in [4.69, 9.17) is 14.6 Å². The average Bonchev–Trinajstić information content (AvgIpc) is 2.69. The fourth-order valence-electron chi connectivity index (χ4n) is 2.74. The van der Waals surface area contributed by atoms with Gasteiger partial charge in [-0.25, -0.2) is 9.59 Å². The molecule has 0 bridgehead atoms. The van der Waals surface area contributed by atoms with E-state index in [1.807, 2.05) is 41.5 Å². The Bertz CT molecular complexity index is 671. The first-order valence-corrected chi connectivity index (χ1v) is 14.8. The highest BCUT2D eigenvalue weighted by molar-refractivity contribution is 7.85. The second kappa shape index (κ2) is 20.5. The number of rotatable bonds is 16. The Hall–Kier alpha value is -1.59. The first-order chi connectivity index (χ1) is 16.6. The molecule has 0 fully saturated rings. The van der Waals surface area contributed by atoms with Crippen LogP contribution >= 0.6 is 0 Å². The van der Waals surface area contributed by atoms with E-state index in [9.17, 15) is 18.0 Å². The van der Waals surface area contributed by atoms with E-state index < -0.39 is 21.3 Å². The van der Waals surface area contributed by atoms with E-state index in [1.165, 1.54) is 0 Å². The van der Waals surface area contributed by atoms with Gasteiger partial charge in [0, 0.05) is 19.7 Å². The molecular weight excluding hydrogens is 488 g/mol. The van der Waals surface area contributed by atoms with Crippen molar-refractivity contribution in [2.75, 3.05) is 32.6 Å². The normalized spacial score (nSPS) is 11.8. The lowest BCUT2D eigenvalue weighted by atomic mass is 10.1. The zero-order chi connectivity index (χ0) is 28.1. The molecule has 3 N–H and O–H groups in total. The Morgan fingerprint density at radius 2 is 1.03 bits per heavy atom. The molecule has 0 aromatic heterocycles. The predicted molar refractivity (Wildman–Crippen MR) is 143 cm³/mol. The molecule has 10 nitrogen and oxygen atoms in total. The first kappa shape index (κ1) is 36.6. The number of aliphatic hydroxyl groups excluding tert-OH is 1. The lowest BCUT2D eigenvalue weighted by Crippen LogP contribution is -2.33. The maximum Gasteiger partial charge on any atom is 0.407 e. The minimum absolute atomic E-state index is 0.245. The number of unbranched alkanes of at least 4 members (excludes halogenated alkanes) is 8. The van der Waals surface area contributed by atoms with Crippen molar-refractivity contribution in [3.63, 3.8) is 0 Å². The van der Waals surface area contributed by atoms with Gasteiger partial charge < -0.3 is 25.2 Å². The highest BCUT2D eigenvalue weighted by Crippen LogP contribution is 2.08. The van der Waals surface area contributed by atoms with Crippen LogP contribution in [0.5, 0.6) is 0 Å². The van der Waals surface area contributed by atoms with Gasteiger partial charge in [0.05, 0.1) is 12.9 Å². The van der Waals surface area contributed by atoms with Crippen molar-refractivity contribution in [1.82, 2.24) is 10.6 Å². The number of carbonyl (C=O) groups excluding carboxylic acids is 2. The lowest BCUT2D eigenvalue weighted by molar-refractivity contribution is 0.0515. The molecule has 0 aliphatic heterocycles. The van der Waals surface area contributed by atoms with Crippen molar-refractivity contribution in [2.45, 2.75) is 117 Å². The number of nitrogens with one attached hydrogen (secondary N) is 2. The van der Waals surface area contributed by atoms with Gasteiger partial charge in [0.2, 0.25) is 0 Å². The number of aliphatic hydroxyl groups is 1. The summed E-state index contributed by atoms with van der Waals surface area (Å²) >= 11 is 0. The van der Waals surface area contributed by atoms with Crippen LogP contribution in [-0.4, -0.2) is 69.5 Å². The Morgan fingerprint density at radius 1 is 0.667 bits per heavy atom. The van der Waals surface area contributed by atoms with Gasteiger partial charge in [0.15, 0.2) is 0 Å². The molecule has 0 spiro atoms. The molecule has 0 unspecified atom stereocenters. The topological polar surface area (TPSA) is 140 Å². The highest BCUT2D eigenvalue weighted by atomic mass is 32.2. The fourth-order valence-corrected chi connectivity index (χ4v) is 3.16. The molecular formula is C25H52N2O8S. The van der Waals surface area contributed by atoms with Crippen molar-refractivity contribution in [1.29, 1.82) is 0 Å². The summed E-state index contributed by atoms with van der Waals surface area (Å²) < 4.78 is 36.2. The zero-order valence-corrected chi connectivity index (χ0v) is 24.4. The third-order valence-corrected chi connectivity index (χ3v) is 4.88. The van der Waals surface area contributed by atoms with Crippen molar-refractivity contribution >= 4 is 22.3 Å². The molecule has 2 amide bonds. The van der Waals surface area contributed by atoms with E-state index in [-0.39, 0.29) is 25.4 Å². The van der Waals surface area contributed by atoms with Gasteiger partial charge in [-0.2, -0.15) is 8.42 Å². The number of hydrogen-bond donors (Lipinski definition) is 3. The van der Waals surface area contributed by atoms with E-state index in [1.54, 1.807) is 0 Å². The summed E-state index contributed by atoms with van der Waals surface area (Å²) in [4.78, 5) is 22.5. The molecule has 0 atom stereocenters. The van der Waals surface area contributed by atoms with Crippen LogP contribution in [0.4, 0.5) is 9.59 Å². The van der Waals surface area contributed by atoms with Crippen LogP contribution < -0.4 is 10.6 Å². The minimum Gasteiger partial charge on any atom is -0.444 e. The minimum atomic E-state index is -3.31. The summed E-state index contributed by atoms with van der Waals surface area (Å²) in [5.74, 6) is 0. The number of alkyl carbamates (subject to hydrolysis) is 2. The summed E-state index contributed by atoms with van der Waals surface area (Å²) in [7, 11) is -3.31. The maximum absolute atomic E-state index is 11.3. The van der Waals surface area contributed by atoms with Gasteiger partial charge in [-0.05, 0) is 67.2 Å². The Kier molecular flexibility index (Phi) is 20.8. The van der Waals surface area contributed by atoms with Crippen LogP contribution in [0.1, 0.15) is 106 Å². The van der Waals surface area contributed by atoms with Crippen molar-refractivity contribution in [2.24, 2.45) is 0 Å². The molecule has 11 heteroatoms. The molecule has 36 heavy (non-hydrogen) atoms. The standard InChI is InChI=1S/C13H27NO5S.C12H25NO3/c1-13(2,3)19-12(15)14-10-8-6-5-7-9-11-18-20(4,16)17;1-12(2,3)16-11(15)13-9-7-5-4-6-8-10-14/h5-11H2,1-4H3,(H,14,15);14H,4-10H2,1-3H3,(H,13,15). The number of carbonyl (C=O) groups is 2. The second-order valence-electron chi connectivity index (χ2n) is 10.6. The maximum atomic E-state index is 11.3. The number of amides is 2. The van der Waals surface area contributed by atoms with Gasteiger partial charge in [-0.15, -0.1) is 0 Å². The molecule has 0 radical (unpaired) electrons. The van der Waals surface area contributed by atoms with E-state index in [0.29, 0.717) is 13.1 Å². The van der Waals surface area contributed by atoms with Crippen LogP contribution in [-0.2, 0) is 23.8 Å². The average molecular weight is 541 g/mol. The first-order valence-electron chi connectivity index (χ1n) is 12.9. The molecule has 0 aromatic rings. The molecule has 216 valence electrons. The van der Waals surface area contributed by atoms with Crippen molar-refractivity contribution < 1.29 is 36.8 Å². The molecule has 0 aliphatic carbocycles. The van der Waals surface area contributed by atoms with E-state index >= 15 is 0 Å². The quantitative estimate of drug-likeness (QED) is 0.186. The summed E-state index contributed by atoms with van der Waals surface area (Å²) in [6.07, 6.45) is 9.90. The van der Waals surface area contributed by atoms with Gasteiger partial charge >= 0.3 is 12.2 Å². The molecule has 0 aromatic carbocycles. The Balaban J connectivity index is 0. The lowest BCUT2D eigenvalue weighted by Gasteiger charge is -2.19. The molecule has 0 heterocycles. The number of hydrogen-bond acceptors (Lipinski definition) is 8. The van der Waals surface area contributed by atoms with Crippen LogP contribution in [0.15, 0.2) is 0 Å². The monoisotopic (exact) mass is 540 g/mol. The Labute approximate surface area is 219 Å². The molecule has 0 aliphatic rings. The SMILES string of the molecule is CC(C)(C)OC(=O)NCCCCCCCO.CC(C)(C)OC(=O)NCCCCCCCOS(C)(=O)=O. The second-order valence-corrected chi connectivity index (χ2v) is 12.3. The van der Waals surface area contributed by atoms with E-state index in [2.05, 4.69) is 14.8 Å². The summed E-state index contributed by atoms with van der Waals surface area (Å²) in [5, 5.41) is 14.0. The largest absolute Gasteiger partial charge is 0.444 e. The van der Waals surface area contributed by atoms with Gasteiger partial charge in [-0.1, -0.05) is 38.5 Å². The zero-order valence-electron chi connectivity index (χ0n) is 23.6. The molecule has 0 rings (SSSR count).